The fourth-order valence-corrected chi connectivity index (χ4v) is 8.40. The predicted octanol–water partition coefficient (Wildman–Crippen LogP) is 10.1. The van der Waals surface area contributed by atoms with Gasteiger partial charge in [-0.3, -0.25) is 0 Å². The SMILES string of the molecule is CC(/C=C/CCCC(C)N)=C(/Cc1ccc2c(c1)C1(c3ccccc3-c3ccccc31)c1ccccc1-2)c1ccc2c(c1N)NCC=C2. The number of unbranched alkanes of at least 4 members (excludes halogenated alkanes) is 1. The molecule has 1 unspecified atom stereocenters. The van der Waals surface area contributed by atoms with Crippen LogP contribution in [0.5, 0.6) is 0 Å². The van der Waals surface area contributed by atoms with Gasteiger partial charge in [-0.1, -0.05) is 127 Å². The molecule has 3 heteroatoms. The van der Waals surface area contributed by atoms with E-state index in [1.165, 1.54) is 61.2 Å². The lowest BCUT2D eigenvalue weighted by Crippen LogP contribution is -2.26. The van der Waals surface area contributed by atoms with Crippen LogP contribution in [0.4, 0.5) is 11.4 Å². The van der Waals surface area contributed by atoms with Crippen molar-refractivity contribution in [2.24, 2.45) is 5.73 Å². The van der Waals surface area contributed by atoms with Crippen molar-refractivity contribution in [1.82, 2.24) is 0 Å². The van der Waals surface area contributed by atoms with Crippen LogP contribution in [0.25, 0.3) is 33.9 Å². The number of anilines is 2. The summed E-state index contributed by atoms with van der Waals surface area (Å²) in [4.78, 5) is 0. The van der Waals surface area contributed by atoms with Crippen LogP contribution in [-0.4, -0.2) is 12.6 Å². The Labute approximate surface area is 284 Å². The number of nitrogen functional groups attached to an aromatic ring is 1. The van der Waals surface area contributed by atoms with Gasteiger partial charge in [0.25, 0.3) is 0 Å². The highest BCUT2D eigenvalue weighted by Crippen LogP contribution is 2.62. The Balaban J connectivity index is 1.28. The van der Waals surface area contributed by atoms with Gasteiger partial charge >= 0.3 is 0 Å². The minimum absolute atomic E-state index is 0.232. The molecule has 3 nitrogen and oxygen atoms in total. The molecule has 0 saturated carbocycles. The van der Waals surface area contributed by atoms with Crippen molar-refractivity contribution in [2.45, 2.75) is 51.0 Å². The zero-order valence-electron chi connectivity index (χ0n) is 27.9. The van der Waals surface area contributed by atoms with E-state index in [2.05, 4.69) is 147 Å². The average Bonchev–Trinajstić information content (AvgIpc) is 3.58. The number of nitrogens with two attached hydrogens (primary N) is 2. The topological polar surface area (TPSA) is 64.1 Å². The Kier molecular flexibility index (Phi) is 7.66. The third kappa shape index (κ3) is 4.76. The van der Waals surface area contributed by atoms with Gasteiger partial charge in [0.15, 0.2) is 0 Å². The molecular weight excluding hydrogens is 583 g/mol. The van der Waals surface area contributed by atoms with Crippen LogP contribution < -0.4 is 16.8 Å². The number of rotatable bonds is 8. The van der Waals surface area contributed by atoms with Gasteiger partial charge in [0, 0.05) is 18.2 Å². The van der Waals surface area contributed by atoms with Gasteiger partial charge < -0.3 is 16.8 Å². The Bertz CT molecular complexity index is 2080. The Morgan fingerprint density at radius 1 is 0.812 bits per heavy atom. The fraction of sp³-hybridized carbons (Fsp3) is 0.200. The van der Waals surface area contributed by atoms with E-state index in [0.29, 0.717) is 0 Å². The maximum atomic E-state index is 6.99. The summed E-state index contributed by atoms with van der Waals surface area (Å²) in [5.41, 5.74) is 31.3. The molecule has 0 amide bonds. The lowest BCUT2D eigenvalue weighted by atomic mass is 9.70. The van der Waals surface area contributed by atoms with Crippen molar-refractivity contribution in [3.63, 3.8) is 0 Å². The van der Waals surface area contributed by atoms with Crippen LogP contribution in [0, 0.1) is 0 Å². The van der Waals surface area contributed by atoms with Crippen molar-refractivity contribution in [3.05, 3.63) is 166 Å². The van der Waals surface area contributed by atoms with Gasteiger partial charge in [0.1, 0.15) is 0 Å². The maximum Gasteiger partial charge on any atom is 0.0725 e. The largest absolute Gasteiger partial charge is 0.397 e. The molecule has 0 saturated heterocycles. The van der Waals surface area contributed by atoms with Crippen LogP contribution in [0.3, 0.4) is 0 Å². The molecule has 1 atom stereocenters. The first-order valence-electron chi connectivity index (χ1n) is 17.4. The zero-order valence-corrected chi connectivity index (χ0v) is 27.9. The first-order valence-corrected chi connectivity index (χ1v) is 17.4. The van der Waals surface area contributed by atoms with E-state index < -0.39 is 0 Å². The molecule has 8 rings (SSSR count). The minimum atomic E-state index is -0.352. The highest BCUT2D eigenvalue weighted by atomic mass is 14.9. The average molecular weight is 626 g/mol. The highest BCUT2D eigenvalue weighted by molar-refractivity contribution is 5.95. The highest BCUT2D eigenvalue weighted by Gasteiger charge is 2.51. The first-order chi connectivity index (χ1) is 23.5. The van der Waals surface area contributed by atoms with E-state index in [0.717, 1.165) is 54.7 Å². The number of hydrogen-bond acceptors (Lipinski definition) is 3. The van der Waals surface area contributed by atoms with E-state index in [4.69, 9.17) is 11.5 Å². The summed E-state index contributed by atoms with van der Waals surface area (Å²) in [5.74, 6) is 0. The molecule has 0 bridgehead atoms. The second-order valence-electron chi connectivity index (χ2n) is 13.7. The van der Waals surface area contributed by atoms with Gasteiger partial charge in [-0.25, -0.2) is 0 Å². The first kappa shape index (κ1) is 30.2. The summed E-state index contributed by atoms with van der Waals surface area (Å²) < 4.78 is 0. The summed E-state index contributed by atoms with van der Waals surface area (Å²) in [7, 11) is 0. The van der Waals surface area contributed by atoms with Crippen molar-refractivity contribution in [3.8, 4) is 22.3 Å². The molecule has 0 fully saturated rings. The van der Waals surface area contributed by atoms with Gasteiger partial charge in [-0.2, -0.15) is 0 Å². The van der Waals surface area contributed by atoms with E-state index in [-0.39, 0.29) is 11.5 Å². The Morgan fingerprint density at radius 3 is 2.08 bits per heavy atom. The molecule has 0 radical (unpaired) electrons. The second-order valence-corrected chi connectivity index (χ2v) is 13.7. The third-order valence-corrected chi connectivity index (χ3v) is 10.6. The van der Waals surface area contributed by atoms with Crippen molar-refractivity contribution < 1.29 is 0 Å². The predicted molar refractivity (Wildman–Crippen MR) is 204 cm³/mol. The summed E-state index contributed by atoms with van der Waals surface area (Å²) in [6.45, 7) is 5.10. The molecule has 5 aromatic rings. The summed E-state index contributed by atoms with van der Waals surface area (Å²) >= 11 is 0. The van der Waals surface area contributed by atoms with Crippen molar-refractivity contribution in [2.75, 3.05) is 17.6 Å². The number of nitrogens with one attached hydrogen (secondary N) is 1. The molecule has 1 spiro atoms. The normalized spacial score (nSPS) is 15.7. The van der Waals surface area contributed by atoms with Gasteiger partial charge in [0.05, 0.1) is 16.8 Å². The van der Waals surface area contributed by atoms with Crippen molar-refractivity contribution >= 4 is 23.0 Å². The van der Waals surface area contributed by atoms with E-state index in [1.54, 1.807) is 0 Å². The zero-order chi connectivity index (χ0) is 32.8. The van der Waals surface area contributed by atoms with Gasteiger partial charge in [-0.05, 0) is 106 Å². The second kappa shape index (κ2) is 12.2. The summed E-state index contributed by atoms with van der Waals surface area (Å²) in [6, 6.07) is 38.8. The molecule has 5 aromatic carbocycles. The number of hydrogen-bond donors (Lipinski definition) is 3. The smallest absolute Gasteiger partial charge is 0.0725 e. The molecule has 1 heterocycles. The molecule has 238 valence electrons. The van der Waals surface area contributed by atoms with Crippen LogP contribution in [-0.2, 0) is 11.8 Å². The maximum absolute atomic E-state index is 6.99. The standard InChI is InChI=1S/C45H43N3/c1-29(13-4-3-5-14-30(2)46)38(37-25-23-32-15-12-26-48-44(32)43(37)47)27-31-22-24-36-35-18-8-11-21-41(35)45(42(36)28-31)39-19-9-6-16-33(39)34-17-7-10-20-40(34)45/h4,6-13,15-25,28,30,48H,3,5,14,26-27,46-47H2,1-2H3/b13-4+,38-29+. The number of benzene rings is 5. The molecule has 5 N–H and O–H groups in total. The van der Waals surface area contributed by atoms with E-state index in [1.807, 2.05) is 0 Å². The Morgan fingerprint density at radius 2 is 1.44 bits per heavy atom. The number of allylic oxidation sites excluding steroid dienone is 4. The van der Waals surface area contributed by atoms with E-state index >= 15 is 0 Å². The quantitative estimate of drug-likeness (QED) is 0.0895. The molecule has 3 aliphatic rings. The van der Waals surface area contributed by atoms with Crippen molar-refractivity contribution in [1.29, 1.82) is 0 Å². The Hall–Kier alpha value is -5.12. The molecule has 0 aromatic heterocycles. The third-order valence-electron chi connectivity index (χ3n) is 10.6. The fourth-order valence-electron chi connectivity index (χ4n) is 8.40. The molecule has 1 aliphatic heterocycles. The minimum Gasteiger partial charge on any atom is -0.397 e. The molecular formula is C45H43N3. The monoisotopic (exact) mass is 625 g/mol. The van der Waals surface area contributed by atoms with Crippen LogP contribution in [0.1, 0.15) is 72.1 Å². The van der Waals surface area contributed by atoms with Crippen LogP contribution in [0.15, 0.2) is 127 Å². The van der Waals surface area contributed by atoms with Crippen LogP contribution >= 0.6 is 0 Å². The number of fused-ring (bicyclic) bond motifs is 11. The van der Waals surface area contributed by atoms with E-state index in [9.17, 15) is 0 Å². The molecule has 2 aliphatic carbocycles. The molecule has 48 heavy (non-hydrogen) atoms. The van der Waals surface area contributed by atoms with Gasteiger partial charge in [-0.15, -0.1) is 0 Å². The van der Waals surface area contributed by atoms with Gasteiger partial charge in [0.2, 0.25) is 0 Å². The van der Waals surface area contributed by atoms with Crippen LogP contribution in [0.2, 0.25) is 0 Å². The lowest BCUT2D eigenvalue weighted by Gasteiger charge is -2.30. The lowest BCUT2D eigenvalue weighted by molar-refractivity contribution is 0.630. The summed E-state index contributed by atoms with van der Waals surface area (Å²) in [6.07, 6.45) is 12.8. The summed E-state index contributed by atoms with van der Waals surface area (Å²) in [5, 5.41) is 3.53.